The largest absolute Gasteiger partial charge is 0.494 e. The molecule has 0 aliphatic heterocycles. The molecule has 0 radical (unpaired) electrons. The maximum Gasteiger partial charge on any atom is 0.227 e. The zero-order chi connectivity index (χ0) is 20.1. The first kappa shape index (κ1) is 19.5. The second-order valence-corrected chi connectivity index (χ2v) is 7.54. The normalized spacial score (nSPS) is 11.6. The maximum atomic E-state index is 6.00. The molecule has 4 rings (SSSR count). The third kappa shape index (κ3) is 4.60. The molecular weight excluding hydrogens is 360 g/mol. The van der Waals surface area contributed by atoms with Crippen LogP contribution in [0.4, 0.5) is 0 Å². The lowest BCUT2D eigenvalue weighted by Gasteiger charge is -2.16. The summed E-state index contributed by atoms with van der Waals surface area (Å²) >= 11 is 0. The van der Waals surface area contributed by atoms with E-state index in [4.69, 9.17) is 14.1 Å². The number of hydrogen-bond acceptors (Lipinski definition) is 4. The third-order valence-corrected chi connectivity index (χ3v) is 5.23. The van der Waals surface area contributed by atoms with Crippen molar-refractivity contribution in [1.82, 2.24) is 9.88 Å². The predicted molar refractivity (Wildman–Crippen MR) is 119 cm³/mol. The number of nitrogens with zero attached hydrogens (tertiary/aromatic N) is 2. The van der Waals surface area contributed by atoms with E-state index in [1.807, 2.05) is 42.5 Å². The van der Waals surface area contributed by atoms with E-state index in [0.29, 0.717) is 5.89 Å². The fourth-order valence-electron chi connectivity index (χ4n) is 3.54. The molecule has 29 heavy (non-hydrogen) atoms. The molecule has 0 unspecified atom stereocenters. The van der Waals surface area contributed by atoms with E-state index in [2.05, 4.69) is 37.1 Å². The zero-order valence-corrected chi connectivity index (χ0v) is 17.2. The van der Waals surface area contributed by atoms with Crippen molar-refractivity contribution < 1.29 is 9.15 Å². The molecule has 3 aromatic carbocycles. The molecule has 0 atom stereocenters. The lowest BCUT2D eigenvalue weighted by atomic mass is 10.1. The van der Waals surface area contributed by atoms with Gasteiger partial charge < -0.3 is 14.1 Å². The highest BCUT2D eigenvalue weighted by molar-refractivity contribution is 6.03. The van der Waals surface area contributed by atoms with Gasteiger partial charge in [-0.2, -0.15) is 0 Å². The van der Waals surface area contributed by atoms with Crippen LogP contribution < -0.4 is 4.74 Å². The van der Waals surface area contributed by atoms with Crippen molar-refractivity contribution in [2.45, 2.75) is 26.2 Å². The van der Waals surface area contributed by atoms with Crippen molar-refractivity contribution in [1.29, 1.82) is 0 Å². The molecule has 4 aromatic rings. The zero-order valence-electron chi connectivity index (χ0n) is 17.2. The molecule has 0 fully saturated rings. The molecule has 0 saturated heterocycles. The van der Waals surface area contributed by atoms with Crippen molar-refractivity contribution in [2.75, 3.05) is 26.7 Å². The van der Waals surface area contributed by atoms with Crippen molar-refractivity contribution in [2.24, 2.45) is 0 Å². The standard InChI is InChI=1S/C25H28N2O2/c1-3-4-16-27(2)17-7-18-28-21-13-10-20(11-14-21)25-26-24-22-9-6-5-8-19(22)12-15-23(24)29-25/h5-6,8-15H,3-4,7,16-18H2,1-2H3. The molecule has 4 nitrogen and oxygen atoms in total. The summed E-state index contributed by atoms with van der Waals surface area (Å²) in [4.78, 5) is 7.12. The first-order valence-corrected chi connectivity index (χ1v) is 10.4. The van der Waals surface area contributed by atoms with Crippen molar-refractivity contribution in [3.8, 4) is 17.2 Å². The molecule has 150 valence electrons. The van der Waals surface area contributed by atoms with E-state index in [9.17, 15) is 0 Å². The number of hydrogen-bond donors (Lipinski definition) is 0. The van der Waals surface area contributed by atoms with Crippen LogP contribution >= 0.6 is 0 Å². The average molecular weight is 389 g/mol. The van der Waals surface area contributed by atoms with Gasteiger partial charge in [0.2, 0.25) is 5.89 Å². The first-order valence-electron chi connectivity index (χ1n) is 10.4. The Hall–Kier alpha value is -2.85. The minimum Gasteiger partial charge on any atom is -0.494 e. The summed E-state index contributed by atoms with van der Waals surface area (Å²) < 4.78 is 11.9. The monoisotopic (exact) mass is 388 g/mol. The van der Waals surface area contributed by atoms with E-state index in [1.54, 1.807) is 0 Å². The van der Waals surface area contributed by atoms with Crippen molar-refractivity contribution in [3.05, 3.63) is 60.7 Å². The Labute approximate surface area is 172 Å². The van der Waals surface area contributed by atoms with Crippen molar-refractivity contribution >= 4 is 21.9 Å². The molecule has 0 aliphatic rings. The third-order valence-electron chi connectivity index (χ3n) is 5.23. The van der Waals surface area contributed by atoms with Crippen LogP contribution in [0.3, 0.4) is 0 Å². The van der Waals surface area contributed by atoms with Crippen molar-refractivity contribution in [3.63, 3.8) is 0 Å². The number of fused-ring (bicyclic) bond motifs is 3. The quantitative estimate of drug-likeness (QED) is 0.322. The fourth-order valence-corrected chi connectivity index (χ4v) is 3.54. The van der Waals surface area contributed by atoms with Gasteiger partial charge in [0, 0.05) is 17.5 Å². The summed E-state index contributed by atoms with van der Waals surface area (Å²) in [6.45, 7) is 5.17. The van der Waals surface area contributed by atoms with Crippen LogP contribution in [0, 0.1) is 0 Å². The van der Waals surface area contributed by atoms with Crippen LogP contribution in [0.25, 0.3) is 33.3 Å². The lowest BCUT2D eigenvalue weighted by Crippen LogP contribution is -2.22. The number of unbranched alkanes of at least 4 members (excludes halogenated alkanes) is 1. The van der Waals surface area contributed by atoms with Crippen LogP contribution in [0.1, 0.15) is 26.2 Å². The Bertz CT molecular complexity index is 1070. The second kappa shape index (κ2) is 9.10. The van der Waals surface area contributed by atoms with Gasteiger partial charge in [0.15, 0.2) is 5.58 Å². The van der Waals surface area contributed by atoms with Gasteiger partial charge in [-0.1, -0.05) is 43.7 Å². The Balaban J connectivity index is 1.40. The number of aromatic nitrogens is 1. The molecule has 0 bridgehead atoms. The molecular formula is C25H28N2O2. The van der Waals surface area contributed by atoms with Gasteiger partial charge in [-0.05, 0) is 62.2 Å². The average Bonchev–Trinajstić information content (AvgIpc) is 3.20. The summed E-state index contributed by atoms with van der Waals surface area (Å²) in [7, 11) is 2.17. The van der Waals surface area contributed by atoms with Gasteiger partial charge in [-0.3, -0.25) is 0 Å². The van der Waals surface area contributed by atoms with Crippen LogP contribution in [0.5, 0.6) is 5.75 Å². The van der Waals surface area contributed by atoms with Crippen LogP contribution in [-0.4, -0.2) is 36.6 Å². The minimum absolute atomic E-state index is 0.639. The molecule has 0 aliphatic carbocycles. The molecule has 0 N–H and O–H groups in total. The van der Waals surface area contributed by atoms with Crippen LogP contribution in [-0.2, 0) is 0 Å². The number of ether oxygens (including phenoxy) is 1. The van der Waals surface area contributed by atoms with E-state index in [1.165, 1.54) is 18.2 Å². The highest BCUT2D eigenvalue weighted by atomic mass is 16.5. The van der Waals surface area contributed by atoms with E-state index in [0.717, 1.165) is 53.9 Å². The highest BCUT2D eigenvalue weighted by Gasteiger charge is 2.11. The summed E-state index contributed by atoms with van der Waals surface area (Å²) in [5.41, 5.74) is 2.67. The summed E-state index contributed by atoms with van der Waals surface area (Å²) in [6, 6.07) is 20.3. The Morgan fingerprint density at radius 3 is 2.55 bits per heavy atom. The molecule has 1 aromatic heterocycles. The first-order chi connectivity index (χ1) is 14.2. The minimum atomic E-state index is 0.639. The van der Waals surface area contributed by atoms with Crippen LogP contribution in [0.15, 0.2) is 65.1 Å². The SMILES string of the molecule is CCCCN(C)CCCOc1ccc(-c2nc3c(ccc4ccccc43)o2)cc1. The highest BCUT2D eigenvalue weighted by Crippen LogP contribution is 2.30. The fraction of sp³-hybridized carbons (Fsp3) is 0.320. The Kier molecular flexibility index (Phi) is 6.11. The summed E-state index contributed by atoms with van der Waals surface area (Å²) in [5, 5.41) is 2.28. The summed E-state index contributed by atoms with van der Waals surface area (Å²) in [6.07, 6.45) is 3.52. The predicted octanol–water partition coefficient (Wildman–Crippen LogP) is 6.15. The lowest BCUT2D eigenvalue weighted by molar-refractivity contribution is 0.261. The number of benzene rings is 3. The Morgan fingerprint density at radius 1 is 0.931 bits per heavy atom. The molecule has 0 spiro atoms. The summed E-state index contributed by atoms with van der Waals surface area (Å²) in [5.74, 6) is 1.52. The van der Waals surface area contributed by atoms with E-state index >= 15 is 0 Å². The van der Waals surface area contributed by atoms with Gasteiger partial charge in [0.25, 0.3) is 0 Å². The molecule has 0 amide bonds. The van der Waals surface area contributed by atoms with Gasteiger partial charge in [-0.25, -0.2) is 4.98 Å². The molecule has 0 saturated carbocycles. The molecule has 4 heteroatoms. The van der Waals surface area contributed by atoms with E-state index < -0.39 is 0 Å². The Morgan fingerprint density at radius 2 is 1.72 bits per heavy atom. The second-order valence-electron chi connectivity index (χ2n) is 7.54. The number of oxazole rings is 1. The van der Waals surface area contributed by atoms with E-state index in [-0.39, 0.29) is 0 Å². The van der Waals surface area contributed by atoms with Gasteiger partial charge in [0.05, 0.1) is 6.61 Å². The maximum absolute atomic E-state index is 6.00. The number of rotatable bonds is 9. The van der Waals surface area contributed by atoms with Crippen LogP contribution in [0.2, 0.25) is 0 Å². The van der Waals surface area contributed by atoms with Gasteiger partial charge in [-0.15, -0.1) is 0 Å². The van der Waals surface area contributed by atoms with Gasteiger partial charge in [0.1, 0.15) is 11.3 Å². The molecule has 1 heterocycles. The van der Waals surface area contributed by atoms with Gasteiger partial charge >= 0.3 is 0 Å². The smallest absolute Gasteiger partial charge is 0.227 e. The topological polar surface area (TPSA) is 38.5 Å².